The third-order valence-electron chi connectivity index (χ3n) is 4.35. The number of ether oxygens (including phenoxy) is 1. The predicted octanol–water partition coefficient (Wildman–Crippen LogP) is 5.12. The van der Waals surface area contributed by atoms with Crippen LogP contribution in [0.2, 0.25) is 0 Å². The molecule has 2 unspecified atom stereocenters. The van der Waals surface area contributed by atoms with Crippen LogP contribution < -0.4 is 10.5 Å². The van der Waals surface area contributed by atoms with Gasteiger partial charge in [-0.1, -0.05) is 58.6 Å². The fraction of sp³-hybridized carbons (Fsp3) is 0.684. The van der Waals surface area contributed by atoms with E-state index in [1.165, 1.54) is 44.1 Å². The highest BCUT2D eigenvalue weighted by Crippen LogP contribution is 2.30. The fourth-order valence-electron chi connectivity index (χ4n) is 2.63. The largest absolute Gasteiger partial charge is 0.492 e. The summed E-state index contributed by atoms with van der Waals surface area (Å²) in [5, 5.41) is 0. The van der Waals surface area contributed by atoms with Gasteiger partial charge >= 0.3 is 0 Å². The molecule has 0 saturated heterocycles. The Kier molecular flexibility index (Phi) is 9.16. The summed E-state index contributed by atoms with van der Waals surface area (Å²) in [4.78, 5) is 0. The monoisotopic (exact) mass is 291 g/mol. The predicted molar refractivity (Wildman–Crippen MR) is 91.9 cm³/mol. The first kappa shape index (κ1) is 18.0. The zero-order valence-corrected chi connectivity index (χ0v) is 14.1. The van der Waals surface area contributed by atoms with Crippen LogP contribution in [0.25, 0.3) is 0 Å². The molecule has 1 aromatic rings. The van der Waals surface area contributed by atoms with Crippen molar-refractivity contribution in [3.63, 3.8) is 0 Å². The standard InChI is InChI=1S/C19H33NO/c1-4-6-7-17(9-8-16(3)5-2)18-10-12-19(13-11-18)21-15-14-20/h10-13,16-17H,4-9,14-15,20H2,1-3H3. The van der Waals surface area contributed by atoms with E-state index in [0.29, 0.717) is 19.1 Å². The molecule has 0 fully saturated rings. The van der Waals surface area contributed by atoms with Gasteiger partial charge in [-0.15, -0.1) is 0 Å². The first-order valence-corrected chi connectivity index (χ1v) is 8.64. The van der Waals surface area contributed by atoms with Crippen molar-refractivity contribution >= 4 is 0 Å². The van der Waals surface area contributed by atoms with Crippen LogP contribution in [0.15, 0.2) is 24.3 Å². The minimum Gasteiger partial charge on any atom is -0.492 e. The van der Waals surface area contributed by atoms with Crippen molar-refractivity contribution in [1.82, 2.24) is 0 Å². The zero-order valence-electron chi connectivity index (χ0n) is 14.1. The fourth-order valence-corrected chi connectivity index (χ4v) is 2.63. The lowest BCUT2D eigenvalue weighted by Gasteiger charge is -2.19. The van der Waals surface area contributed by atoms with Crippen LogP contribution in [0, 0.1) is 5.92 Å². The van der Waals surface area contributed by atoms with Crippen molar-refractivity contribution in [1.29, 1.82) is 0 Å². The van der Waals surface area contributed by atoms with E-state index in [1.807, 2.05) is 0 Å². The number of unbranched alkanes of at least 4 members (excludes halogenated alkanes) is 1. The summed E-state index contributed by atoms with van der Waals surface area (Å²) in [6.07, 6.45) is 7.81. The van der Waals surface area contributed by atoms with Gasteiger partial charge in [0.25, 0.3) is 0 Å². The highest BCUT2D eigenvalue weighted by atomic mass is 16.5. The maximum Gasteiger partial charge on any atom is 0.119 e. The quantitative estimate of drug-likeness (QED) is 0.614. The highest BCUT2D eigenvalue weighted by molar-refractivity contribution is 5.29. The number of rotatable bonds is 11. The normalized spacial score (nSPS) is 13.9. The van der Waals surface area contributed by atoms with Gasteiger partial charge in [-0.2, -0.15) is 0 Å². The Hall–Kier alpha value is -1.02. The summed E-state index contributed by atoms with van der Waals surface area (Å²) in [6, 6.07) is 8.66. The molecule has 0 spiro atoms. The molecule has 1 rings (SSSR count). The molecule has 2 N–H and O–H groups in total. The van der Waals surface area contributed by atoms with E-state index in [2.05, 4.69) is 45.0 Å². The molecule has 2 atom stereocenters. The Morgan fingerprint density at radius 3 is 2.33 bits per heavy atom. The molecule has 0 aliphatic carbocycles. The van der Waals surface area contributed by atoms with Crippen LogP contribution in [0.5, 0.6) is 5.75 Å². The van der Waals surface area contributed by atoms with E-state index in [0.717, 1.165) is 11.7 Å². The molecular weight excluding hydrogens is 258 g/mol. The van der Waals surface area contributed by atoms with Gasteiger partial charge in [-0.25, -0.2) is 0 Å². The lowest BCUT2D eigenvalue weighted by Crippen LogP contribution is -2.10. The number of hydrogen-bond acceptors (Lipinski definition) is 2. The third kappa shape index (κ3) is 6.99. The Morgan fingerprint density at radius 2 is 1.76 bits per heavy atom. The number of hydrogen-bond donors (Lipinski definition) is 1. The van der Waals surface area contributed by atoms with E-state index in [9.17, 15) is 0 Å². The minimum absolute atomic E-state index is 0.565. The lowest BCUT2D eigenvalue weighted by atomic mass is 9.86. The van der Waals surface area contributed by atoms with Crippen molar-refractivity contribution in [2.45, 2.75) is 65.2 Å². The third-order valence-corrected chi connectivity index (χ3v) is 4.35. The Bertz CT molecular complexity index is 360. The molecule has 0 aliphatic heterocycles. The van der Waals surface area contributed by atoms with Gasteiger partial charge in [0.2, 0.25) is 0 Å². The second-order valence-corrected chi connectivity index (χ2v) is 6.14. The van der Waals surface area contributed by atoms with E-state index in [4.69, 9.17) is 10.5 Å². The first-order valence-electron chi connectivity index (χ1n) is 8.64. The van der Waals surface area contributed by atoms with Gasteiger partial charge in [0, 0.05) is 6.54 Å². The zero-order chi connectivity index (χ0) is 15.5. The maximum absolute atomic E-state index is 5.56. The summed E-state index contributed by atoms with van der Waals surface area (Å²) in [5.41, 5.74) is 6.93. The molecule has 2 nitrogen and oxygen atoms in total. The summed E-state index contributed by atoms with van der Waals surface area (Å²) in [6.45, 7) is 8.08. The van der Waals surface area contributed by atoms with Crippen molar-refractivity contribution in [2.24, 2.45) is 11.7 Å². The molecule has 0 radical (unpaired) electrons. The van der Waals surface area contributed by atoms with Crippen LogP contribution in [0.1, 0.15) is 70.8 Å². The molecule has 0 bridgehead atoms. The molecule has 0 saturated carbocycles. The maximum atomic E-state index is 5.56. The average Bonchev–Trinajstić information content (AvgIpc) is 2.53. The van der Waals surface area contributed by atoms with Crippen LogP contribution in [-0.4, -0.2) is 13.2 Å². The van der Waals surface area contributed by atoms with E-state index >= 15 is 0 Å². The van der Waals surface area contributed by atoms with Gasteiger partial charge in [0.05, 0.1) is 0 Å². The summed E-state index contributed by atoms with van der Waals surface area (Å²) < 4.78 is 5.56. The van der Waals surface area contributed by atoms with E-state index in [1.54, 1.807) is 0 Å². The first-order chi connectivity index (χ1) is 10.2. The molecule has 21 heavy (non-hydrogen) atoms. The number of nitrogens with two attached hydrogens (primary N) is 1. The Balaban J connectivity index is 2.63. The van der Waals surface area contributed by atoms with E-state index < -0.39 is 0 Å². The van der Waals surface area contributed by atoms with Crippen LogP contribution in [0.4, 0.5) is 0 Å². The molecule has 0 heterocycles. The van der Waals surface area contributed by atoms with Crippen molar-refractivity contribution in [3.05, 3.63) is 29.8 Å². The minimum atomic E-state index is 0.565. The SMILES string of the molecule is CCCCC(CCC(C)CC)c1ccc(OCCN)cc1. The van der Waals surface area contributed by atoms with Crippen LogP contribution >= 0.6 is 0 Å². The Morgan fingerprint density at radius 1 is 1.05 bits per heavy atom. The second kappa shape index (κ2) is 10.7. The van der Waals surface area contributed by atoms with Gasteiger partial charge in [-0.05, 0) is 42.4 Å². The molecule has 0 aliphatic rings. The van der Waals surface area contributed by atoms with Crippen molar-refractivity contribution in [2.75, 3.05) is 13.2 Å². The van der Waals surface area contributed by atoms with Gasteiger partial charge in [0.1, 0.15) is 12.4 Å². The number of benzene rings is 1. The molecule has 1 aromatic carbocycles. The highest BCUT2D eigenvalue weighted by Gasteiger charge is 2.13. The smallest absolute Gasteiger partial charge is 0.119 e. The van der Waals surface area contributed by atoms with Gasteiger partial charge < -0.3 is 10.5 Å². The topological polar surface area (TPSA) is 35.2 Å². The molecule has 2 heteroatoms. The average molecular weight is 291 g/mol. The Labute approximate surface area is 131 Å². The summed E-state index contributed by atoms with van der Waals surface area (Å²) in [5.74, 6) is 2.46. The molecule has 120 valence electrons. The second-order valence-electron chi connectivity index (χ2n) is 6.14. The van der Waals surface area contributed by atoms with Gasteiger partial charge in [0.15, 0.2) is 0 Å². The van der Waals surface area contributed by atoms with Crippen molar-refractivity contribution < 1.29 is 4.74 Å². The van der Waals surface area contributed by atoms with Crippen LogP contribution in [-0.2, 0) is 0 Å². The van der Waals surface area contributed by atoms with Gasteiger partial charge in [-0.3, -0.25) is 0 Å². The van der Waals surface area contributed by atoms with E-state index in [-0.39, 0.29) is 0 Å². The molecular formula is C19H33NO. The lowest BCUT2D eigenvalue weighted by molar-refractivity contribution is 0.328. The molecule has 0 amide bonds. The molecule has 0 aromatic heterocycles. The van der Waals surface area contributed by atoms with Crippen molar-refractivity contribution in [3.8, 4) is 5.75 Å². The summed E-state index contributed by atoms with van der Waals surface area (Å²) >= 11 is 0. The van der Waals surface area contributed by atoms with Crippen LogP contribution in [0.3, 0.4) is 0 Å². The summed E-state index contributed by atoms with van der Waals surface area (Å²) in [7, 11) is 0.